The first-order valence-electron chi connectivity index (χ1n) is 4.38. The van der Waals surface area contributed by atoms with Gasteiger partial charge in [-0.3, -0.25) is 0 Å². The predicted molar refractivity (Wildman–Crippen MR) is 55.4 cm³/mol. The van der Waals surface area contributed by atoms with Gasteiger partial charge in [-0.25, -0.2) is 13.1 Å². The summed E-state index contributed by atoms with van der Waals surface area (Å²) in [7, 11) is -3.24. The van der Waals surface area contributed by atoms with Crippen LogP contribution in [-0.4, -0.2) is 8.42 Å². The molecule has 0 aromatic heterocycles. The third-order valence-electron chi connectivity index (χ3n) is 2.83. The molecule has 0 unspecified atom stereocenters. The molecule has 1 N–H and O–H groups in total. The van der Waals surface area contributed by atoms with Crippen LogP contribution in [0, 0.1) is 0 Å². The molecule has 74 valence electrons. The number of fused-ring (bicyclic) bond motifs is 2. The van der Waals surface area contributed by atoms with Crippen molar-refractivity contribution in [2.45, 2.75) is 23.3 Å². The number of halogens is 1. The van der Waals surface area contributed by atoms with Gasteiger partial charge < -0.3 is 0 Å². The van der Waals surface area contributed by atoms with Crippen molar-refractivity contribution in [3.63, 3.8) is 0 Å². The average Bonchev–Trinajstić information content (AvgIpc) is 2.79. The zero-order valence-corrected chi connectivity index (χ0v) is 9.65. The molecule has 1 aromatic carbocycles. The third kappa shape index (κ3) is 1.03. The Balaban J connectivity index is 2.35. The Morgan fingerprint density at radius 1 is 1.36 bits per heavy atom. The van der Waals surface area contributed by atoms with Gasteiger partial charge in [0.15, 0.2) is 0 Å². The fourth-order valence-electron chi connectivity index (χ4n) is 1.97. The minimum absolute atomic E-state index is 0.266. The highest BCUT2D eigenvalue weighted by Crippen LogP contribution is 2.53. The van der Waals surface area contributed by atoms with Crippen molar-refractivity contribution >= 4 is 26.0 Å². The molecule has 3 nitrogen and oxygen atoms in total. The average molecular weight is 274 g/mol. The quantitative estimate of drug-likeness (QED) is 0.783. The van der Waals surface area contributed by atoms with E-state index < -0.39 is 10.0 Å². The Kier molecular flexibility index (Phi) is 1.52. The summed E-state index contributed by atoms with van der Waals surface area (Å²) in [5.41, 5.74) is 0.657. The lowest BCUT2D eigenvalue weighted by atomic mass is 10.1. The molecule has 1 fully saturated rings. The highest BCUT2D eigenvalue weighted by Gasteiger charge is 2.54. The Morgan fingerprint density at radius 3 is 2.71 bits per heavy atom. The summed E-state index contributed by atoms with van der Waals surface area (Å²) in [6.07, 6.45) is 1.82. The second kappa shape index (κ2) is 2.40. The topological polar surface area (TPSA) is 46.2 Å². The van der Waals surface area contributed by atoms with Gasteiger partial charge in [0.1, 0.15) is 0 Å². The van der Waals surface area contributed by atoms with Crippen molar-refractivity contribution < 1.29 is 8.42 Å². The Bertz CT molecular complexity index is 520. The predicted octanol–water partition coefficient (Wildman–Crippen LogP) is 1.73. The SMILES string of the molecule is O=S1(=O)NC2(CC2)c2cc(Br)ccc21. The summed E-state index contributed by atoms with van der Waals surface area (Å²) in [4.78, 5) is 0.443. The number of benzene rings is 1. The first-order chi connectivity index (χ1) is 6.54. The maximum Gasteiger partial charge on any atom is 0.241 e. The lowest BCUT2D eigenvalue weighted by molar-refractivity contribution is 0.573. The van der Waals surface area contributed by atoms with Crippen LogP contribution in [0.4, 0.5) is 0 Å². The molecular formula is C9H8BrNO2S. The summed E-state index contributed by atoms with van der Waals surface area (Å²) in [5, 5.41) is 0. The molecule has 0 bridgehead atoms. The first kappa shape index (κ1) is 8.88. The van der Waals surface area contributed by atoms with Crippen LogP contribution in [-0.2, 0) is 15.6 Å². The summed E-state index contributed by atoms with van der Waals surface area (Å²) >= 11 is 3.36. The molecule has 1 saturated carbocycles. The van der Waals surface area contributed by atoms with E-state index in [4.69, 9.17) is 0 Å². The normalized spacial score (nSPS) is 24.9. The smallest absolute Gasteiger partial charge is 0.207 e. The molecule has 0 atom stereocenters. The number of hydrogen-bond acceptors (Lipinski definition) is 2. The van der Waals surface area contributed by atoms with Crippen molar-refractivity contribution in [1.29, 1.82) is 0 Å². The van der Waals surface area contributed by atoms with Crippen molar-refractivity contribution in [3.05, 3.63) is 28.2 Å². The Hall–Kier alpha value is -0.390. The molecule has 5 heteroatoms. The van der Waals surface area contributed by atoms with Gasteiger partial charge in [-0.05, 0) is 36.6 Å². The summed E-state index contributed by atoms with van der Waals surface area (Å²) in [5.74, 6) is 0. The second-order valence-corrected chi connectivity index (χ2v) is 6.39. The summed E-state index contributed by atoms with van der Waals surface area (Å²) in [6.45, 7) is 0. The number of nitrogens with one attached hydrogen (secondary N) is 1. The fourth-order valence-corrected chi connectivity index (χ4v) is 4.06. The lowest BCUT2D eigenvalue weighted by Gasteiger charge is -2.05. The molecule has 3 rings (SSSR count). The van der Waals surface area contributed by atoms with Crippen LogP contribution in [0.15, 0.2) is 27.6 Å². The monoisotopic (exact) mass is 273 g/mol. The van der Waals surface area contributed by atoms with E-state index in [-0.39, 0.29) is 5.54 Å². The third-order valence-corrected chi connectivity index (χ3v) is 4.91. The van der Waals surface area contributed by atoms with E-state index >= 15 is 0 Å². The zero-order valence-electron chi connectivity index (χ0n) is 7.25. The molecule has 1 aliphatic heterocycles. The fraction of sp³-hybridized carbons (Fsp3) is 0.333. The van der Waals surface area contributed by atoms with Crippen LogP contribution in [0.3, 0.4) is 0 Å². The minimum Gasteiger partial charge on any atom is -0.207 e. The van der Waals surface area contributed by atoms with Crippen LogP contribution < -0.4 is 4.72 Å². The zero-order chi connectivity index (χ0) is 9.97. The molecule has 1 aromatic rings. The Labute approximate surface area is 90.7 Å². The van der Waals surface area contributed by atoms with Crippen molar-refractivity contribution in [2.24, 2.45) is 0 Å². The summed E-state index contributed by atoms with van der Waals surface area (Å²) < 4.78 is 27.0. The van der Waals surface area contributed by atoms with Gasteiger partial charge in [-0.15, -0.1) is 0 Å². The van der Waals surface area contributed by atoms with Gasteiger partial charge in [0, 0.05) is 4.47 Å². The highest BCUT2D eigenvalue weighted by molar-refractivity contribution is 9.10. The van der Waals surface area contributed by atoms with E-state index in [1.807, 2.05) is 6.07 Å². The van der Waals surface area contributed by atoms with Crippen LogP contribution in [0.25, 0.3) is 0 Å². The number of hydrogen-bond donors (Lipinski definition) is 1. The minimum atomic E-state index is -3.24. The molecule has 2 aliphatic rings. The van der Waals surface area contributed by atoms with Gasteiger partial charge in [0.2, 0.25) is 10.0 Å². The van der Waals surface area contributed by atoms with Gasteiger partial charge in [0.25, 0.3) is 0 Å². The van der Waals surface area contributed by atoms with E-state index in [0.29, 0.717) is 4.90 Å². The van der Waals surface area contributed by atoms with Crippen LogP contribution in [0.1, 0.15) is 18.4 Å². The first-order valence-corrected chi connectivity index (χ1v) is 6.65. The Morgan fingerprint density at radius 2 is 2.07 bits per heavy atom. The van der Waals surface area contributed by atoms with E-state index in [1.165, 1.54) is 0 Å². The van der Waals surface area contributed by atoms with Crippen molar-refractivity contribution in [1.82, 2.24) is 4.72 Å². The maximum absolute atomic E-state index is 11.7. The largest absolute Gasteiger partial charge is 0.241 e. The van der Waals surface area contributed by atoms with Crippen molar-refractivity contribution in [2.75, 3.05) is 0 Å². The molecule has 14 heavy (non-hydrogen) atoms. The number of sulfonamides is 1. The lowest BCUT2D eigenvalue weighted by Crippen LogP contribution is -2.25. The van der Waals surface area contributed by atoms with Crippen LogP contribution in [0.2, 0.25) is 0 Å². The molecular weight excluding hydrogens is 266 g/mol. The number of rotatable bonds is 0. The van der Waals surface area contributed by atoms with E-state index in [0.717, 1.165) is 22.9 Å². The standard InChI is InChI=1S/C9H8BrNO2S/c10-6-1-2-8-7(5-6)9(3-4-9)11-14(8,12)13/h1-2,5,11H,3-4H2. The van der Waals surface area contributed by atoms with Gasteiger partial charge in [-0.2, -0.15) is 0 Å². The summed E-state index contributed by atoms with van der Waals surface area (Å²) in [6, 6.07) is 5.33. The van der Waals surface area contributed by atoms with E-state index in [9.17, 15) is 8.42 Å². The van der Waals surface area contributed by atoms with E-state index in [2.05, 4.69) is 20.7 Å². The molecule has 1 spiro atoms. The molecule has 0 amide bonds. The highest BCUT2D eigenvalue weighted by atomic mass is 79.9. The van der Waals surface area contributed by atoms with Crippen molar-refractivity contribution in [3.8, 4) is 0 Å². The molecule has 1 heterocycles. The van der Waals surface area contributed by atoms with Crippen LogP contribution in [0.5, 0.6) is 0 Å². The van der Waals surface area contributed by atoms with Crippen LogP contribution >= 0.6 is 15.9 Å². The van der Waals surface area contributed by atoms with Gasteiger partial charge in [0.05, 0.1) is 10.4 Å². The van der Waals surface area contributed by atoms with Gasteiger partial charge in [-0.1, -0.05) is 15.9 Å². The second-order valence-electron chi connectivity index (χ2n) is 3.83. The molecule has 0 saturated heterocycles. The van der Waals surface area contributed by atoms with E-state index in [1.54, 1.807) is 12.1 Å². The van der Waals surface area contributed by atoms with Gasteiger partial charge >= 0.3 is 0 Å². The molecule has 1 aliphatic carbocycles. The molecule has 0 radical (unpaired) electrons. The maximum atomic E-state index is 11.7.